The van der Waals surface area contributed by atoms with Crippen LogP contribution in [0.3, 0.4) is 0 Å². The fourth-order valence-corrected chi connectivity index (χ4v) is 1.65. The van der Waals surface area contributed by atoms with E-state index in [0.29, 0.717) is 12.2 Å². The molecule has 0 fully saturated rings. The molecule has 0 heterocycles. The normalized spacial score (nSPS) is 31.9. The number of hydrogen-bond acceptors (Lipinski definition) is 1. The van der Waals surface area contributed by atoms with Crippen LogP contribution in [0.5, 0.6) is 0 Å². The Kier molecular flexibility index (Phi) is 3.79. The van der Waals surface area contributed by atoms with Crippen molar-refractivity contribution in [1.29, 1.82) is 5.26 Å². The Morgan fingerprint density at radius 2 is 1.72 bits per heavy atom. The maximum Gasteiger partial charge on any atom is 0.403 e. The van der Waals surface area contributed by atoms with E-state index in [0.717, 1.165) is 0 Å². The lowest BCUT2D eigenvalue weighted by Gasteiger charge is -2.35. The first-order valence-corrected chi connectivity index (χ1v) is 4.89. The van der Waals surface area contributed by atoms with Gasteiger partial charge in [-0.3, -0.25) is 0 Å². The van der Waals surface area contributed by atoms with Gasteiger partial charge in [0.1, 0.15) is 30.9 Å². The van der Waals surface area contributed by atoms with Gasteiger partial charge in [-0.05, 0) is 5.57 Å². The Morgan fingerprint density at radius 3 is 2.06 bits per heavy atom. The van der Waals surface area contributed by atoms with Crippen LogP contribution in [0.25, 0.3) is 0 Å². The monoisotopic (exact) mass is 269 g/mol. The molecule has 2 atom stereocenters. The van der Waals surface area contributed by atoms with Crippen LogP contribution in [0.2, 0.25) is 0 Å². The van der Waals surface area contributed by atoms with E-state index in [2.05, 4.69) is 0 Å². The Morgan fingerprint density at radius 1 is 1.11 bits per heavy atom. The van der Waals surface area contributed by atoms with Gasteiger partial charge in [-0.15, -0.1) is 0 Å². The highest BCUT2D eigenvalue weighted by Crippen LogP contribution is 2.48. The molecule has 0 aromatic heterocycles. The molecule has 0 bridgehead atoms. The van der Waals surface area contributed by atoms with Crippen molar-refractivity contribution in [3.05, 3.63) is 23.8 Å². The molecule has 0 saturated heterocycles. The molecule has 0 spiro atoms. The van der Waals surface area contributed by atoms with E-state index in [1.54, 1.807) is 0 Å². The van der Waals surface area contributed by atoms with Gasteiger partial charge in [0.2, 0.25) is 0 Å². The van der Waals surface area contributed by atoms with Gasteiger partial charge in [0.25, 0.3) is 0 Å². The third kappa shape index (κ3) is 2.00. The lowest BCUT2D eigenvalue weighted by atomic mass is 9.71. The minimum atomic E-state index is -4.98. The summed E-state index contributed by atoms with van der Waals surface area (Å²) in [6.07, 6.45) is -3.73. The fraction of sp³-hybridized carbons (Fsp3) is 0.545. The lowest BCUT2D eigenvalue weighted by molar-refractivity contribution is -0.194. The maximum atomic E-state index is 12.8. The number of halogens is 6. The number of allylic oxidation sites excluding steroid dienone is 4. The van der Waals surface area contributed by atoms with Gasteiger partial charge in [-0.1, -0.05) is 18.2 Å². The summed E-state index contributed by atoms with van der Waals surface area (Å²) in [7, 11) is 0. The van der Waals surface area contributed by atoms with Crippen molar-refractivity contribution in [3.63, 3.8) is 0 Å². The van der Waals surface area contributed by atoms with E-state index in [4.69, 9.17) is 5.26 Å². The fourth-order valence-electron chi connectivity index (χ4n) is 1.65. The van der Waals surface area contributed by atoms with Crippen LogP contribution in [0.4, 0.5) is 26.3 Å². The van der Waals surface area contributed by atoms with E-state index < -0.39 is 42.6 Å². The summed E-state index contributed by atoms with van der Waals surface area (Å²) in [4.78, 5) is 0. The highest BCUT2D eigenvalue weighted by Gasteiger charge is 2.55. The van der Waals surface area contributed by atoms with Crippen molar-refractivity contribution in [1.82, 2.24) is 0 Å². The van der Waals surface area contributed by atoms with Gasteiger partial charge in [0.05, 0.1) is 6.07 Å². The predicted octanol–water partition coefficient (Wildman–Crippen LogP) is 3.45. The molecule has 1 rings (SSSR count). The zero-order chi connectivity index (χ0) is 14.0. The molecule has 0 aromatic rings. The van der Waals surface area contributed by atoms with Crippen LogP contribution in [-0.4, -0.2) is 26.2 Å². The molecule has 0 N–H and O–H groups in total. The molecule has 0 amide bonds. The van der Waals surface area contributed by atoms with Crippen molar-refractivity contribution >= 4 is 0 Å². The van der Waals surface area contributed by atoms with Gasteiger partial charge >= 0.3 is 6.18 Å². The second kappa shape index (κ2) is 4.67. The van der Waals surface area contributed by atoms with Crippen LogP contribution in [0, 0.1) is 22.2 Å². The largest absolute Gasteiger partial charge is 0.403 e. The smallest absolute Gasteiger partial charge is 0.249 e. The Bertz CT molecular complexity index is 418. The first-order chi connectivity index (χ1) is 8.30. The van der Waals surface area contributed by atoms with E-state index in [-0.39, 0.29) is 6.08 Å². The molecule has 1 nitrogen and oxygen atoms in total. The summed E-state index contributed by atoms with van der Waals surface area (Å²) in [5, 5.41) is 8.77. The van der Waals surface area contributed by atoms with E-state index in [1.165, 1.54) is 6.07 Å². The minimum absolute atomic E-state index is 0.274. The second-order valence-corrected chi connectivity index (χ2v) is 4.03. The number of alkyl halides is 6. The average Bonchev–Trinajstić information content (AvgIpc) is 2.36. The zero-order valence-corrected chi connectivity index (χ0v) is 9.07. The van der Waals surface area contributed by atoms with Gasteiger partial charge < -0.3 is 0 Å². The van der Waals surface area contributed by atoms with E-state index in [9.17, 15) is 26.3 Å². The topological polar surface area (TPSA) is 23.8 Å². The maximum absolute atomic E-state index is 12.8. The molecule has 0 saturated carbocycles. The van der Waals surface area contributed by atoms with Gasteiger partial charge in [0, 0.05) is 0 Å². The van der Waals surface area contributed by atoms with Crippen LogP contribution >= 0.6 is 0 Å². The third-order valence-corrected chi connectivity index (χ3v) is 2.97. The molecule has 2 unspecified atom stereocenters. The summed E-state index contributed by atoms with van der Waals surface area (Å²) >= 11 is 0. The van der Waals surface area contributed by atoms with Crippen molar-refractivity contribution < 1.29 is 26.3 Å². The highest BCUT2D eigenvalue weighted by molar-refractivity contribution is 5.40. The van der Waals surface area contributed by atoms with Crippen molar-refractivity contribution in [2.24, 2.45) is 10.8 Å². The first-order valence-electron chi connectivity index (χ1n) is 4.89. The van der Waals surface area contributed by atoms with Crippen LogP contribution in [0.15, 0.2) is 23.8 Å². The minimum Gasteiger partial charge on any atom is -0.249 e. The van der Waals surface area contributed by atoms with Gasteiger partial charge in [-0.25, -0.2) is 13.2 Å². The molecule has 18 heavy (non-hydrogen) atoms. The summed E-state index contributed by atoms with van der Waals surface area (Å²) in [6.45, 7) is -4.64. The van der Waals surface area contributed by atoms with Crippen molar-refractivity contribution in [2.75, 3.05) is 20.0 Å². The van der Waals surface area contributed by atoms with E-state index in [1.807, 2.05) is 0 Å². The molecule has 0 radical (unpaired) electrons. The standard InChI is InChI=1S/C11H9F6N/c12-4-8-3-10(6-14,11(15,16)17)2-1-9(8,5-13)7-18/h1-3H,4-6H2. The number of rotatable bonds is 3. The van der Waals surface area contributed by atoms with Gasteiger partial charge in [0.15, 0.2) is 0 Å². The average molecular weight is 269 g/mol. The molecular formula is C11H9F6N. The Hall–Kier alpha value is -1.45. The second-order valence-electron chi connectivity index (χ2n) is 4.03. The predicted molar refractivity (Wildman–Crippen MR) is 51.7 cm³/mol. The Balaban J connectivity index is 3.36. The molecule has 1 aliphatic rings. The van der Waals surface area contributed by atoms with Gasteiger partial charge in [-0.2, -0.15) is 18.4 Å². The van der Waals surface area contributed by atoms with Crippen LogP contribution in [0.1, 0.15) is 0 Å². The van der Waals surface area contributed by atoms with Crippen LogP contribution in [-0.2, 0) is 0 Å². The molecule has 0 aromatic carbocycles. The van der Waals surface area contributed by atoms with E-state index >= 15 is 0 Å². The molecule has 0 aliphatic heterocycles. The molecule has 1 aliphatic carbocycles. The highest BCUT2D eigenvalue weighted by atomic mass is 19.4. The summed E-state index contributed by atoms with van der Waals surface area (Å²) in [6, 6.07) is 1.42. The van der Waals surface area contributed by atoms with Crippen molar-refractivity contribution in [3.8, 4) is 6.07 Å². The number of nitrogens with zero attached hydrogens (tertiary/aromatic N) is 1. The molecule has 7 heteroatoms. The summed E-state index contributed by atoms with van der Waals surface area (Å²) < 4.78 is 76.4. The number of nitriles is 1. The first kappa shape index (κ1) is 14.6. The summed E-state index contributed by atoms with van der Waals surface area (Å²) in [5.41, 5.74) is -5.76. The SMILES string of the molecule is N#CC1(CF)C=CC(CF)(C(F)(F)F)C=C1CF. The third-order valence-electron chi connectivity index (χ3n) is 2.97. The molecular weight excluding hydrogens is 260 g/mol. The Labute approximate surface area is 99.4 Å². The van der Waals surface area contributed by atoms with Crippen LogP contribution < -0.4 is 0 Å². The lowest BCUT2D eigenvalue weighted by Crippen LogP contribution is -2.41. The van der Waals surface area contributed by atoms with Crippen molar-refractivity contribution in [2.45, 2.75) is 6.18 Å². The number of hydrogen-bond donors (Lipinski definition) is 0. The quantitative estimate of drug-likeness (QED) is 0.568. The summed E-state index contributed by atoms with van der Waals surface area (Å²) in [5.74, 6) is 0. The zero-order valence-electron chi connectivity index (χ0n) is 9.07. The molecule has 100 valence electrons.